The molecule has 0 heterocycles. The number of nitrogens with zero attached hydrogens (tertiary/aromatic N) is 1. The van der Waals surface area contributed by atoms with Crippen LogP contribution >= 0.6 is 0 Å². The Morgan fingerprint density at radius 1 is 1.41 bits per heavy atom. The van der Waals surface area contributed by atoms with E-state index in [1.807, 2.05) is 39.5 Å². The van der Waals surface area contributed by atoms with Gasteiger partial charge in [-0.2, -0.15) is 0 Å². The van der Waals surface area contributed by atoms with Crippen molar-refractivity contribution in [1.29, 1.82) is 0 Å². The molecule has 1 fully saturated rings. The summed E-state index contributed by atoms with van der Waals surface area (Å²) in [5.74, 6) is 1.16. The van der Waals surface area contributed by atoms with E-state index in [0.717, 1.165) is 19.5 Å². The Morgan fingerprint density at radius 3 is 2.35 bits per heavy atom. The van der Waals surface area contributed by atoms with Gasteiger partial charge in [-0.3, -0.25) is 0 Å². The van der Waals surface area contributed by atoms with E-state index in [0.29, 0.717) is 11.8 Å². The number of rotatable bonds is 4. The van der Waals surface area contributed by atoms with Gasteiger partial charge in [0.25, 0.3) is 0 Å². The summed E-state index contributed by atoms with van der Waals surface area (Å²) in [7, 11) is 0. The molecule has 4 nitrogen and oxygen atoms in total. The van der Waals surface area contributed by atoms with Crippen LogP contribution in [0.4, 0.5) is 4.79 Å². The van der Waals surface area contributed by atoms with Gasteiger partial charge in [0, 0.05) is 12.6 Å². The van der Waals surface area contributed by atoms with Crippen molar-refractivity contribution < 1.29 is 9.53 Å². The minimum atomic E-state index is -0.430. The van der Waals surface area contributed by atoms with Crippen molar-refractivity contribution in [2.24, 2.45) is 17.6 Å². The summed E-state index contributed by atoms with van der Waals surface area (Å²) in [5, 5.41) is 0. The topological polar surface area (TPSA) is 55.6 Å². The highest BCUT2D eigenvalue weighted by molar-refractivity contribution is 5.68. The van der Waals surface area contributed by atoms with Crippen molar-refractivity contribution in [3.8, 4) is 0 Å². The zero-order valence-electron chi connectivity index (χ0n) is 11.7. The fraction of sp³-hybridized carbons (Fsp3) is 0.923. The fourth-order valence-corrected chi connectivity index (χ4v) is 1.89. The van der Waals surface area contributed by atoms with Gasteiger partial charge in [-0.25, -0.2) is 4.79 Å². The van der Waals surface area contributed by atoms with Crippen LogP contribution < -0.4 is 5.73 Å². The van der Waals surface area contributed by atoms with Gasteiger partial charge in [0.05, 0.1) is 0 Å². The van der Waals surface area contributed by atoms with E-state index in [1.165, 1.54) is 0 Å². The van der Waals surface area contributed by atoms with Crippen LogP contribution in [0.1, 0.15) is 41.0 Å². The fourth-order valence-electron chi connectivity index (χ4n) is 1.89. The van der Waals surface area contributed by atoms with Gasteiger partial charge in [-0.15, -0.1) is 0 Å². The third-order valence-corrected chi connectivity index (χ3v) is 3.05. The molecule has 100 valence electrons. The van der Waals surface area contributed by atoms with E-state index in [-0.39, 0.29) is 12.1 Å². The van der Waals surface area contributed by atoms with Gasteiger partial charge in [-0.1, -0.05) is 0 Å². The van der Waals surface area contributed by atoms with Crippen LogP contribution in [0, 0.1) is 11.8 Å². The lowest BCUT2D eigenvalue weighted by Crippen LogP contribution is -2.42. The second kappa shape index (κ2) is 5.25. The first kappa shape index (κ1) is 14.3. The molecule has 17 heavy (non-hydrogen) atoms. The van der Waals surface area contributed by atoms with E-state index < -0.39 is 5.60 Å². The third-order valence-electron chi connectivity index (χ3n) is 3.05. The number of nitrogens with two attached hydrogens (primary N) is 1. The molecule has 0 radical (unpaired) electrons. The van der Waals surface area contributed by atoms with Gasteiger partial charge in [0.1, 0.15) is 5.60 Å². The predicted octanol–water partition coefficient (Wildman–Crippen LogP) is 2.23. The van der Waals surface area contributed by atoms with E-state index in [2.05, 4.69) is 0 Å². The number of hydrogen-bond donors (Lipinski definition) is 1. The first-order valence-electron chi connectivity index (χ1n) is 6.44. The van der Waals surface area contributed by atoms with Crippen LogP contribution in [-0.4, -0.2) is 35.7 Å². The zero-order chi connectivity index (χ0) is 13.2. The summed E-state index contributed by atoms with van der Waals surface area (Å²) in [4.78, 5) is 13.8. The minimum Gasteiger partial charge on any atom is -0.444 e. The molecule has 0 aromatic rings. The number of carbonyl (C=O) groups is 1. The molecule has 0 bridgehead atoms. The number of carbonyl (C=O) groups excluding carboxylic acids is 1. The van der Waals surface area contributed by atoms with E-state index in [1.54, 1.807) is 0 Å². The molecular formula is C13H26N2O2. The molecule has 1 amide bonds. The number of amides is 1. The molecule has 0 aromatic heterocycles. The first-order chi connectivity index (χ1) is 7.74. The average molecular weight is 242 g/mol. The second-order valence-corrected chi connectivity index (χ2v) is 6.22. The van der Waals surface area contributed by atoms with Crippen LogP contribution in [0.3, 0.4) is 0 Å². The SMILES string of the molecule is CC(C)N(CC1CC1CN)C(=O)OC(C)(C)C. The molecule has 0 aliphatic heterocycles. The summed E-state index contributed by atoms with van der Waals surface area (Å²) in [5.41, 5.74) is 5.19. The highest BCUT2D eigenvalue weighted by Crippen LogP contribution is 2.38. The molecule has 0 saturated heterocycles. The summed E-state index contributed by atoms with van der Waals surface area (Å²) < 4.78 is 5.41. The lowest BCUT2D eigenvalue weighted by Gasteiger charge is -2.30. The highest BCUT2D eigenvalue weighted by atomic mass is 16.6. The molecule has 1 aliphatic rings. The predicted molar refractivity (Wildman–Crippen MR) is 68.7 cm³/mol. The van der Waals surface area contributed by atoms with Gasteiger partial charge < -0.3 is 15.4 Å². The Labute approximate surface area is 104 Å². The van der Waals surface area contributed by atoms with Crippen molar-refractivity contribution in [2.45, 2.75) is 52.7 Å². The van der Waals surface area contributed by atoms with Gasteiger partial charge in [0.15, 0.2) is 0 Å². The maximum atomic E-state index is 12.0. The summed E-state index contributed by atoms with van der Waals surface area (Å²) in [6.45, 7) is 11.2. The molecule has 1 aliphatic carbocycles. The van der Waals surface area contributed by atoms with Crippen molar-refractivity contribution in [1.82, 2.24) is 4.90 Å². The summed E-state index contributed by atoms with van der Waals surface area (Å²) in [6, 6.07) is 0.170. The summed E-state index contributed by atoms with van der Waals surface area (Å²) >= 11 is 0. The number of hydrogen-bond acceptors (Lipinski definition) is 3. The lowest BCUT2D eigenvalue weighted by molar-refractivity contribution is 0.0178. The molecule has 2 unspecified atom stereocenters. The molecule has 4 heteroatoms. The Morgan fingerprint density at radius 2 is 2.00 bits per heavy atom. The van der Waals surface area contributed by atoms with Crippen molar-refractivity contribution in [3.05, 3.63) is 0 Å². The Hall–Kier alpha value is -0.770. The van der Waals surface area contributed by atoms with Crippen molar-refractivity contribution >= 4 is 6.09 Å². The average Bonchev–Trinajstić information content (AvgIpc) is 2.88. The molecule has 0 aromatic carbocycles. The van der Waals surface area contributed by atoms with Crippen LogP contribution in [-0.2, 0) is 4.74 Å². The lowest BCUT2D eigenvalue weighted by atomic mass is 10.2. The molecule has 1 rings (SSSR count). The zero-order valence-corrected chi connectivity index (χ0v) is 11.7. The van der Waals surface area contributed by atoms with Gasteiger partial charge >= 0.3 is 6.09 Å². The standard InChI is InChI=1S/C13H26N2O2/c1-9(2)15(8-11-6-10(11)7-14)12(16)17-13(3,4)5/h9-11H,6-8,14H2,1-5H3. The van der Waals surface area contributed by atoms with Gasteiger partial charge in [-0.05, 0) is 59.4 Å². The first-order valence-corrected chi connectivity index (χ1v) is 6.44. The largest absolute Gasteiger partial charge is 0.444 e. The Kier molecular flexibility index (Phi) is 4.42. The van der Waals surface area contributed by atoms with Crippen molar-refractivity contribution in [3.63, 3.8) is 0 Å². The Balaban J connectivity index is 2.51. The molecular weight excluding hydrogens is 216 g/mol. The van der Waals surface area contributed by atoms with E-state index in [9.17, 15) is 4.79 Å². The third kappa shape index (κ3) is 4.54. The number of ether oxygens (including phenoxy) is 1. The maximum Gasteiger partial charge on any atom is 0.410 e. The minimum absolute atomic E-state index is 0.170. The van der Waals surface area contributed by atoms with E-state index >= 15 is 0 Å². The van der Waals surface area contributed by atoms with Crippen LogP contribution in [0.25, 0.3) is 0 Å². The monoisotopic (exact) mass is 242 g/mol. The highest BCUT2D eigenvalue weighted by Gasteiger charge is 2.39. The van der Waals surface area contributed by atoms with Crippen LogP contribution in [0.2, 0.25) is 0 Å². The molecule has 2 N–H and O–H groups in total. The normalized spacial score (nSPS) is 23.7. The second-order valence-electron chi connectivity index (χ2n) is 6.22. The van der Waals surface area contributed by atoms with Crippen LogP contribution in [0.15, 0.2) is 0 Å². The van der Waals surface area contributed by atoms with Gasteiger partial charge in [0.2, 0.25) is 0 Å². The maximum absolute atomic E-state index is 12.0. The molecule has 1 saturated carbocycles. The van der Waals surface area contributed by atoms with E-state index in [4.69, 9.17) is 10.5 Å². The molecule has 0 spiro atoms. The smallest absolute Gasteiger partial charge is 0.410 e. The molecule has 2 atom stereocenters. The Bertz CT molecular complexity index is 271. The summed E-state index contributed by atoms with van der Waals surface area (Å²) in [6.07, 6.45) is 0.929. The van der Waals surface area contributed by atoms with Crippen LogP contribution in [0.5, 0.6) is 0 Å². The quantitative estimate of drug-likeness (QED) is 0.822. The van der Waals surface area contributed by atoms with Crippen molar-refractivity contribution in [2.75, 3.05) is 13.1 Å².